The molecule has 3 aromatic rings. The van der Waals surface area contributed by atoms with Gasteiger partial charge >= 0.3 is 0 Å². The molecule has 4 rings (SSSR count). The molecule has 1 aliphatic heterocycles. The molecule has 0 bridgehead atoms. The Morgan fingerprint density at radius 1 is 1.36 bits per heavy atom. The summed E-state index contributed by atoms with van der Waals surface area (Å²) in [6.45, 7) is 5.56. The fraction of sp³-hybridized carbons (Fsp3) is 0.500. The molecule has 2 unspecified atom stereocenters. The van der Waals surface area contributed by atoms with E-state index in [2.05, 4.69) is 25.5 Å². The van der Waals surface area contributed by atoms with Crippen molar-refractivity contribution < 1.29 is 23.0 Å². The summed E-state index contributed by atoms with van der Waals surface area (Å²) in [6, 6.07) is 6.68. The lowest BCUT2D eigenvalue weighted by molar-refractivity contribution is -0.0169. The second kappa shape index (κ2) is 11.3. The summed E-state index contributed by atoms with van der Waals surface area (Å²) in [5.74, 6) is -0.128. The number of β-amino-alcohol motifs (C(OH)–C–C–N with tert-alkyl or cyclic N) is 1. The summed E-state index contributed by atoms with van der Waals surface area (Å²) < 4.78 is 48.1. The molecule has 1 aromatic carbocycles. The van der Waals surface area contributed by atoms with Crippen LogP contribution in [0.4, 0.5) is 30.5 Å². The lowest BCUT2D eigenvalue weighted by atomic mass is 9.84. The van der Waals surface area contributed by atoms with Crippen LogP contribution in [0.2, 0.25) is 0 Å². The topological polar surface area (TPSA) is 123 Å². The molecular weight excluding hydrogens is 513 g/mol. The Balaban J connectivity index is 1.60. The fourth-order valence-electron chi connectivity index (χ4n) is 4.87. The molecule has 3 heterocycles. The molecule has 0 saturated carbocycles. The number of hydrogen-bond donors (Lipinski definition) is 3. The molecule has 0 amide bonds. The zero-order valence-corrected chi connectivity index (χ0v) is 22.3. The predicted molar refractivity (Wildman–Crippen MR) is 143 cm³/mol. The highest BCUT2D eigenvalue weighted by atomic mass is 19.3. The summed E-state index contributed by atoms with van der Waals surface area (Å²) in [5.41, 5.74) is 7.26. The Hall–Kier alpha value is -3.58. The fourth-order valence-corrected chi connectivity index (χ4v) is 4.87. The Bertz CT molecular complexity index is 1350. The number of benzene rings is 1. The first kappa shape index (κ1) is 28.4. The lowest BCUT2D eigenvalue weighted by Gasteiger charge is -2.41. The van der Waals surface area contributed by atoms with Gasteiger partial charge in [-0.1, -0.05) is 6.07 Å². The van der Waals surface area contributed by atoms with Gasteiger partial charge in [0.05, 0.1) is 24.9 Å². The third kappa shape index (κ3) is 6.71. The van der Waals surface area contributed by atoms with E-state index in [0.29, 0.717) is 41.8 Å². The van der Waals surface area contributed by atoms with Crippen LogP contribution in [0.1, 0.15) is 27.2 Å². The molecule has 0 spiro atoms. The van der Waals surface area contributed by atoms with Crippen molar-refractivity contribution in [3.63, 3.8) is 0 Å². The van der Waals surface area contributed by atoms with E-state index in [0.717, 1.165) is 0 Å². The zero-order valence-electron chi connectivity index (χ0n) is 22.3. The molecule has 2 atom stereocenters. The predicted octanol–water partition coefficient (Wildman–Crippen LogP) is 5.27. The molecule has 10 nitrogen and oxygen atoms in total. The van der Waals surface area contributed by atoms with Crippen LogP contribution in [0.3, 0.4) is 0 Å². The van der Waals surface area contributed by atoms with Gasteiger partial charge in [-0.3, -0.25) is 4.90 Å². The smallest absolute Gasteiger partial charge is 0.270 e. The van der Waals surface area contributed by atoms with Crippen molar-refractivity contribution >= 4 is 29.1 Å². The van der Waals surface area contributed by atoms with Crippen LogP contribution >= 0.6 is 0 Å². The van der Waals surface area contributed by atoms with Crippen LogP contribution in [0, 0.1) is 11.4 Å². The second-order valence-electron chi connectivity index (χ2n) is 10.5. The minimum atomic E-state index is -2.56. The molecule has 39 heavy (non-hydrogen) atoms. The van der Waals surface area contributed by atoms with Crippen molar-refractivity contribution in [2.24, 2.45) is 16.0 Å². The average molecular weight is 547 g/mol. The molecule has 0 radical (unpaired) electrons. The normalized spacial score (nSPS) is 20.7. The summed E-state index contributed by atoms with van der Waals surface area (Å²) >= 11 is 0. The summed E-state index contributed by atoms with van der Waals surface area (Å²) in [5, 5.41) is 20.5. The number of aliphatic imine (C=N–C) groups is 1. The molecule has 0 aliphatic carbocycles. The maximum Gasteiger partial charge on any atom is 0.270 e. The van der Waals surface area contributed by atoms with Gasteiger partial charge in [-0.25, -0.2) is 28.2 Å². The number of nitrogens with zero attached hydrogens (tertiary/aromatic N) is 6. The highest BCUT2D eigenvalue weighted by molar-refractivity contribution is 5.87. The van der Waals surface area contributed by atoms with Gasteiger partial charge in [0.25, 0.3) is 12.4 Å². The first-order valence-electron chi connectivity index (χ1n) is 12.6. The minimum Gasteiger partial charge on any atom is -0.479 e. The number of fused-ring (bicyclic) bond motifs is 1. The number of aromatic nitrogens is 3. The van der Waals surface area contributed by atoms with E-state index < -0.39 is 30.2 Å². The van der Waals surface area contributed by atoms with Crippen LogP contribution in [-0.2, 0) is 0 Å². The summed E-state index contributed by atoms with van der Waals surface area (Å²) in [4.78, 5) is 10.7. The van der Waals surface area contributed by atoms with E-state index in [1.165, 1.54) is 20.2 Å². The van der Waals surface area contributed by atoms with E-state index in [9.17, 15) is 13.9 Å². The Kier molecular flexibility index (Phi) is 8.21. The molecule has 210 valence electrons. The van der Waals surface area contributed by atoms with Crippen molar-refractivity contribution in [3.05, 3.63) is 30.5 Å². The summed E-state index contributed by atoms with van der Waals surface area (Å²) in [7, 11) is 1.46. The van der Waals surface area contributed by atoms with Crippen LogP contribution < -0.4 is 10.1 Å². The highest BCUT2D eigenvalue weighted by Crippen LogP contribution is 2.36. The summed E-state index contributed by atoms with van der Waals surface area (Å²) in [6.07, 6.45) is 1.20. The van der Waals surface area contributed by atoms with Crippen molar-refractivity contribution in [1.29, 1.82) is 5.53 Å². The number of methoxy groups -OCH3 is 1. The number of rotatable bonds is 10. The van der Waals surface area contributed by atoms with Crippen molar-refractivity contribution in [2.75, 3.05) is 38.6 Å². The number of hydrogen-bond acceptors (Lipinski definition) is 9. The SMILES string of the molecule is COc1nc(N=CC2CCN(CC(C)(C)O)CC2(C)F)nn2ccc(-c3ccc(N=N)c(NCC(F)F)c3)c12. The third-order valence-corrected chi connectivity index (χ3v) is 6.58. The van der Waals surface area contributed by atoms with E-state index in [1.54, 1.807) is 48.8 Å². The standard InChI is InChI=1S/C26H33F3N8O2/c1-25(2,38)14-36-9-7-17(26(3,29)15-36)12-32-24-33-23(39-4)22-18(8-10-37(22)35-24)16-5-6-19(34-30)20(11-16)31-13-21(27)28/h5-6,8,10-12,17,21,30-31,38H,7,9,13-15H2,1-4H3. The molecule has 1 fully saturated rings. The maximum absolute atomic E-state index is 15.5. The number of likely N-dealkylation sites (tertiary alicyclic amines) is 1. The first-order valence-corrected chi connectivity index (χ1v) is 12.6. The van der Waals surface area contributed by atoms with Crippen LogP contribution in [0.25, 0.3) is 16.6 Å². The van der Waals surface area contributed by atoms with Gasteiger partial charge in [-0.05, 0) is 57.5 Å². The molecular formula is C26H33F3N8O2. The number of ether oxygens (including phenoxy) is 1. The molecule has 13 heteroatoms. The quantitative estimate of drug-likeness (QED) is 0.235. The first-order chi connectivity index (χ1) is 18.4. The van der Waals surface area contributed by atoms with E-state index in [-0.39, 0.29) is 24.1 Å². The average Bonchev–Trinajstić information content (AvgIpc) is 3.29. The van der Waals surface area contributed by atoms with Gasteiger partial charge in [0, 0.05) is 37.0 Å². The highest BCUT2D eigenvalue weighted by Gasteiger charge is 2.40. The van der Waals surface area contributed by atoms with Crippen LogP contribution in [0.15, 0.2) is 40.6 Å². The second-order valence-corrected chi connectivity index (χ2v) is 10.5. The largest absolute Gasteiger partial charge is 0.479 e. The molecule has 3 N–H and O–H groups in total. The van der Waals surface area contributed by atoms with Crippen molar-refractivity contribution in [1.82, 2.24) is 19.5 Å². The van der Waals surface area contributed by atoms with Gasteiger partial charge in [0.15, 0.2) is 0 Å². The van der Waals surface area contributed by atoms with Gasteiger partial charge in [-0.2, -0.15) is 10.1 Å². The number of nitrogens with one attached hydrogen (secondary N) is 2. The number of aliphatic hydroxyl groups is 1. The minimum absolute atomic E-state index is 0.0962. The van der Waals surface area contributed by atoms with E-state index >= 15 is 4.39 Å². The van der Waals surface area contributed by atoms with Gasteiger partial charge in [0.1, 0.15) is 16.9 Å². The number of anilines is 1. The molecule has 1 saturated heterocycles. The third-order valence-electron chi connectivity index (χ3n) is 6.58. The van der Waals surface area contributed by atoms with Gasteiger partial charge in [0.2, 0.25) is 5.88 Å². The van der Waals surface area contributed by atoms with Gasteiger partial charge in [-0.15, -0.1) is 5.10 Å². The van der Waals surface area contributed by atoms with Crippen molar-refractivity contribution in [2.45, 2.75) is 44.9 Å². The molecule has 1 aliphatic rings. The van der Waals surface area contributed by atoms with E-state index in [4.69, 9.17) is 10.3 Å². The van der Waals surface area contributed by atoms with Crippen LogP contribution in [0.5, 0.6) is 5.88 Å². The maximum atomic E-state index is 15.5. The number of halogens is 3. The van der Waals surface area contributed by atoms with E-state index in [1.807, 2.05) is 4.90 Å². The van der Waals surface area contributed by atoms with Crippen molar-refractivity contribution in [3.8, 4) is 17.0 Å². The Labute approximate surface area is 224 Å². The molecule has 2 aromatic heterocycles. The monoisotopic (exact) mass is 546 g/mol. The Morgan fingerprint density at radius 3 is 2.77 bits per heavy atom. The zero-order chi connectivity index (χ0) is 28.4. The Morgan fingerprint density at radius 2 is 2.13 bits per heavy atom. The van der Waals surface area contributed by atoms with Gasteiger partial charge < -0.3 is 15.2 Å². The number of alkyl halides is 3. The number of piperidine rings is 1. The van der Waals surface area contributed by atoms with Crippen LogP contribution in [-0.4, -0.2) is 81.8 Å². The lowest BCUT2D eigenvalue weighted by Crippen LogP contribution is -2.53.